The fourth-order valence-electron chi connectivity index (χ4n) is 2.33. The van der Waals surface area contributed by atoms with Crippen molar-refractivity contribution >= 4 is 29.1 Å². The van der Waals surface area contributed by atoms with Crippen molar-refractivity contribution in [3.8, 4) is 5.69 Å². The topological polar surface area (TPSA) is 77.0 Å². The van der Waals surface area contributed by atoms with Crippen molar-refractivity contribution < 1.29 is 4.79 Å². The Morgan fingerprint density at radius 2 is 1.92 bits per heavy atom. The van der Waals surface area contributed by atoms with E-state index in [0.717, 1.165) is 6.42 Å². The van der Waals surface area contributed by atoms with E-state index in [1.54, 1.807) is 37.1 Å². The maximum Gasteiger partial charge on any atom is 0.293 e. The van der Waals surface area contributed by atoms with Gasteiger partial charge in [-0.1, -0.05) is 43.1 Å². The molecule has 0 aliphatic heterocycles. The molecule has 25 heavy (non-hydrogen) atoms. The molecule has 1 unspecified atom stereocenters. The van der Waals surface area contributed by atoms with Crippen LogP contribution >= 0.6 is 23.2 Å². The number of hydrogen-bond donors (Lipinski definition) is 1. The first-order valence-corrected chi connectivity index (χ1v) is 8.87. The highest BCUT2D eigenvalue weighted by atomic mass is 35.5. The Morgan fingerprint density at radius 3 is 2.48 bits per heavy atom. The third-order valence-electron chi connectivity index (χ3n) is 4.11. The Morgan fingerprint density at radius 1 is 1.32 bits per heavy atom. The Kier molecular flexibility index (Phi) is 6.43. The molecule has 0 saturated heterocycles. The van der Waals surface area contributed by atoms with Gasteiger partial charge in [-0.15, -0.1) is 5.10 Å². The van der Waals surface area contributed by atoms with Crippen LogP contribution < -0.4 is 5.73 Å². The molecule has 2 rings (SSSR count). The standard InChI is InChI=1S/C17H23Cl2N5O/c1-10(2)14(20)8-9-23(4)17(25)16-21-11(3)24(22-16)15-12(18)6-5-7-13(15)19/h5-7,10,14H,8-9,20H2,1-4H3. The fourth-order valence-corrected chi connectivity index (χ4v) is 2.89. The molecule has 136 valence electrons. The normalized spacial score (nSPS) is 12.5. The predicted octanol–water partition coefficient (Wildman–Crippen LogP) is 3.33. The molecule has 1 heterocycles. The van der Waals surface area contributed by atoms with Gasteiger partial charge >= 0.3 is 0 Å². The molecule has 0 bridgehead atoms. The van der Waals surface area contributed by atoms with Gasteiger partial charge in [-0.05, 0) is 31.4 Å². The second kappa shape index (κ2) is 8.17. The molecular formula is C17H23Cl2N5O. The zero-order valence-electron chi connectivity index (χ0n) is 14.8. The summed E-state index contributed by atoms with van der Waals surface area (Å²) >= 11 is 12.4. The second-order valence-electron chi connectivity index (χ2n) is 6.39. The lowest BCUT2D eigenvalue weighted by atomic mass is 10.0. The highest BCUT2D eigenvalue weighted by Crippen LogP contribution is 2.28. The predicted molar refractivity (Wildman–Crippen MR) is 101 cm³/mol. The van der Waals surface area contributed by atoms with Crippen molar-refractivity contribution in [3.05, 3.63) is 39.9 Å². The summed E-state index contributed by atoms with van der Waals surface area (Å²) < 4.78 is 1.49. The summed E-state index contributed by atoms with van der Waals surface area (Å²) in [7, 11) is 1.72. The van der Waals surface area contributed by atoms with Gasteiger partial charge in [0.05, 0.1) is 10.0 Å². The van der Waals surface area contributed by atoms with E-state index in [4.69, 9.17) is 28.9 Å². The Labute approximate surface area is 157 Å². The van der Waals surface area contributed by atoms with Gasteiger partial charge in [0.15, 0.2) is 0 Å². The van der Waals surface area contributed by atoms with Gasteiger partial charge in [0.25, 0.3) is 5.91 Å². The minimum absolute atomic E-state index is 0.0458. The van der Waals surface area contributed by atoms with Gasteiger partial charge in [-0.25, -0.2) is 9.67 Å². The number of aryl methyl sites for hydroxylation is 1. The van der Waals surface area contributed by atoms with Crippen LogP contribution in [0.2, 0.25) is 10.0 Å². The van der Waals surface area contributed by atoms with E-state index in [0.29, 0.717) is 34.0 Å². The molecule has 0 aliphatic rings. The fraction of sp³-hybridized carbons (Fsp3) is 0.471. The van der Waals surface area contributed by atoms with Crippen LogP contribution in [-0.2, 0) is 0 Å². The van der Waals surface area contributed by atoms with Gasteiger partial charge in [0.1, 0.15) is 11.5 Å². The highest BCUT2D eigenvalue weighted by Gasteiger charge is 2.21. The van der Waals surface area contributed by atoms with Gasteiger partial charge < -0.3 is 10.6 Å². The molecule has 1 atom stereocenters. The van der Waals surface area contributed by atoms with Crippen molar-refractivity contribution in [2.24, 2.45) is 11.7 Å². The van der Waals surface area contributed by atoms with Crippen LogP contribution in [0.3, 0.4) is 0 Å². The number of halogens is 2. The lowest BCUT2D eigenvalue weighted by Gasteiger charge is -2.20. The molecule has 2 aromatic rings. The first-order chi connectivity index (χ1) is 11.7. The van der Waals surface area contributed by atoms with Crippen LogP contribution in [0.25, 0.3) is 5.69 Å². The molecule has 8 heteroatoms. The largest absolute Gasteiger partial charge is 0.339 e. The Bertz CT molecular complexity index is 739. The Balaban J connectivity index is 2.20. The van der Waals surface area contributed by atoms with E-state index in [-0.39, 0.29) is 17.8 Å². The summed E-state index contributed by atoms with van der Waals surface area (Å²) in [6.45, 7) is 6.41. The van der Waals surface area contributed by atoms with Crippen molar-refractivity contribution in [3.63, 3.8) is 0 Å². The number of nitrogens with zero attached hydrogens (tertiary/aromatic N) is 4. The van der Waals surface area contributed by atoms with Crippen molar-refractivity contribution in [1.29, 1.82) is 0 Å². The van der Waals surface area contributed by atoms with E-state index in [9.17, 15) is 4.79 Å². The van der Waals surface area contributed by atoms with E-state index in [2.05, 4.69) is 23.9 Å². The SMILES string of the molecule is Cc1nc(C(=O)N(C)CCC(N)C(C)C)nn1-c1c(Cl)cccc1Cl. The number of benzene rings is 1. The number of carbonyl (C=O) groups excluding carboxylic acids is 1. The average Bonchev–Trinajstić information content (AvgIpc) is 2.93. The molecule has 0 fully saturated rings. The molecule has 2 N–H and O–H groups in total. The summed E-state index contributed by atoms with van der Waals surface area (Å²) in [6, 6.07) is 5.22. The van der Waals surface area contributed by atoms with Crippen LogP contribution in [0.1, 0.15) is 36.7 Å². The number of rotatable bonds is 6. The number of hydrogen-bond acceptors (Lipinski definition) is 4. The van der Waals surface area contributed by atoms with Gasteiger partial charge in [-0.3, -0.25) is 4.79 Å². The number of aromatic nitrogens is 3. The summed E-state index contributed by atoms with van der Waals surface area (Å²) in [6.07, 6.45) is 0.718. The molecule has 1 amide bonds. The number of carbonyl (C=O) groups is 1. The van der Waals surface area contributed by atoms with E-state index >= 15 is 0 Å². The molecule has 0 radical (unpaired) electrons. The molecule has 0 spiro atoms. The maximum absolute atomic E-state index is 12.6. The number of nitrogens with two attached hydrogens (primary N) is 1. The average molecular weight is 384 g/mol. The molecular weight excluding hydrogens is 361 g/mol. The second-order valence-corrected chi connectivity index (χ2v) is 7.20. The molecule has 6 nitrogen and oxygen atoms in total. The van der Waals surface area contributed by atoms with Crippen LogP contribution in [-0.4, -0.2) is 45.2 Å². The van der Waals surface area contributed by atoms with Crippen molar-refractivity contribution in [2.75, 3.05) is 13.6 Å². The van der Waals surface area contributed by atoms with Gasteiger partial charge in [0.2, 0.25) is 5.82 Å². The summed E-state index contributed by atoms with van der Waals surface area (Å²) in [5.41, 5.74) is 6.55. The molecule has 0 aliphatic carbocycles. The highest BCUT2D eigenvalue weighted by molar-refractivity contribution is 6.37. The van der Waals surface area contributed by atoms with Crippen molar-refractivity contribution in [1.82, 2.24) is 19.7 Å². The van der Waals surface area contributed by atoms with Crippen LogP contribution in [0.15, 0.2) is 18.2 Å². The van der Waals surface area contributed by atoms with Gasteiger partial charge in [-0.2, -0.15) is 0 Å². The smallest absolute Gasteiger partial charge is 0.293 e. The zero-order valence-corrected chi connectivity index (χ0v) is 16.3. The third kappa shape index (κ3) is 4.51. The van der Waals surface area contributed by atoms with Crippen LogP contribution in [0, 0.1) is 12.8 Å². The Hall–Kier alpha value is -1.63. The number of amides is 1. The van der Waals surface area contributed by atoms with E-state index < -0.39 is 0 Å². The van der Waals surface area contributed by atoms with E-state index in [1.165, 1.54) is 4.68 Å². The lowest BCUT2D eigenvalue weighted by Crippen LogP contribution is -2.35. The zero-order chi connectivity index (χ0) is 18.7. The third-order valence-corrected chi connectivity index (χ3v) is 4.72. The summed E-state index contributed by atoms with van der Waals surface area (Å²) in [5, 5.41) is 5.18. The van der Waals surface area contributed by atoms with Crippen LogP contribution in [0.4, 0.5) is 0 Å². The van der Waals surface area contributed by atoms with Crippen LogP contribution in [0.5, 0.6) is 0 Å². The number of para-hydroxylation sites is 1. The molecule has 0 saturated carbocycles. The molecule has 1 aromatic carbocycles. The molecule has 1 aromatic heterocycles. The first-order valence-electron chi connectivity index (χ1n) is 8.11. The first kappa shape index (κ1) is 19.7. The van der Waals surface area contributed by atoms with E-state index in [1.807, 2.05) is 0 Å². The monoisotopic (exact) mass is 383 g/mol. The lowest BCUT2D eigenvalue weighted by molar-refractivity contribution is 0.0777. The maximum atomic E-state index is 12.6. The summed E-state index contributed by atoms with van der Waals surface area (Å²) in [5.74, 6) is 0.742. The van der Waals surface area contributed by atoms with Gasteiger partial charge in [0, 0.05) is 19.6 Å². The quantitative estimate of drug-likeness (QED) is 0.829. The minimum Gasteiger partial charge on any atom is -0.339 e. The minimum atomic E-state index is -0.263. The van der Waals surface area contributed by atoms with Crippen molar-refractivity contribution in [2.45, 2.75) is 33.2 Å². The summed E-state index contributed by atoms with van der Waals surface area (Å²) in [4.78, 5) is 18.4.